The maximum atomic E-state index is 13.2. The van der Waals surface area contributed by atoms with Gasteiger partial charge in [-0.25, -0.2) is 4.39 Å². The molecule has 1 unspecified atom stereocenters. The summed E-state index contributed by atoms with van der Waals surface area (Å²) < 4.78 is 13.2. The van der Waals surface area contributed by atoms with Crippen molar-refractivity contribution < 1.29 is 9.18 Å². The molecule has 1 aromatic heterocycles. The summed E-state index contributed by atoms with van der Waals surface area (Å²) in [6, 6.07) is 9.99. The second kappa shape index (κ2) is 10.3. The molecule has 1 atom stereocenters. The monoisotopic (exact) mass is 442 g/mol. The summed E-state index contributed by atoms with van der Waals surface area (Å²) in [7, 11) is 0. The van der Waals surface area contributed by atoms with E-state index in [0.29, 0.717) is 17.5 Å². The number of benzene rings is 1. The Morgan fingerprint density at radius 2 is 1.77 bits per heavy atom. The third-order valence-electron chi connectivity index (χ3n) is 6.33. The Balaban J connectivity index is 1.45. The van der Waals surface area contributed by atoms with E-state index in [-0.39, 0.29) is 23.7 Å². The van der Waals surface area contributed by atoms with Crippen molar-refractivity contribution in [1.29, 1.82) is 0 Å². The molecule has 1 saturated carbocycles. The molecule has 0 spiro atoms. The Kier molecular flexibility index (Phi) is 7.73. The molecule has 7 heteroatoms. The molecule has 0 bridgehead atoms. The lowest BCUT2D eigenvalue weighted by atomic mass is 9.78. The van der Waals surface area contributed by atoms with E-state index in [1.165, 1.54) is 12.1 Å². The van der Waals surface area contributed by atoms with E-state index in [1.807, 2.05) is 13.8 Å². The molecule has 0 radical (unpaired) electrons. The van der Waals surface area contributed by atoms with Crippen LogP contribution in [0.25, 0.3) is 0 Å². The van der Waals surface area contributed by atoms with Gasteiger partial charge in [0.15, 0.2) is 0 Å². The number of halogens is 1. The zero-order chi connectivity index (χ0) is 22.4. The second-order valence-electron chi connectivity index (χ2n) is 8.84. The first-order valence-corrected chi connectivity index (χ1v) is 11.2. The zero-order valence-electron chi connectivity index (χ0n) is 18.1. The fourth-order valence-corrected chi connectivity index (χ4v) is 4.29. The van der Waals surface area contributed by atoms with Crippen LogP contribution >= 0.6 is 12.2 Å². The molecular formula is C24H31FN4OS. The summed E-state index contributed by atoms with van der Waals surface area (Å²) in [5.41, 5.74) is 7.79. The molecular weight excluding hydrogens is 411 g/mol. The standard InChI is InChI=1S/C24H31FN4OS/c1-24(2,18-7-9-19(25)10-8-18)23(31)28-15-21(26)16-3-5-17(6-4-16)22(30)29-20-11-13-27-14-12-20/h7-14,16-17,21H,3-6,15,26H2,1-2H3,(H,28,31)(H,27,29,30). The number of amides is 1. The fraction of sp³-hybridized carbons (Fsp3) is 0.458. The number of rotatable bonds is 7. The van der Waals surface area contributed by atoms with Crippen molar-refractivity contribution in [2.24, 2.45) is 17.6 Å². The summed E-state index contributed by atoms with van der Waals surface area (Å²) in [5, 5.41) is 6.30. The van der Waals surface area contributed by atoms with Crippen LogP contribution in [0.5, 0.6) is 0 Å². The highest BCUT2D eigenvalue weighted by Crippen LogP contribution is 2.31. The van der Waals surface area contributed by atoms with Crippen LogP contribution in [-0.4, -0.2) is 28.5 Å². The van der Waals surface area contributed by atoms with E-state index in [9.17, 15) is 9.18 Å². The summed E-state index contributed by atoms with van der Waals surface area (Å²) in [4.78, 5) is 17.2. The summed E-state index contributed by atoms with van der Waals surface area (Å²) >= 11 is 5.62. The molecule has 0 saturated heterocycles. The highest BCUT2D eigenvalue weighted by molar-refractivity contribution is 7.80. The highest BCUT2D eigenvalue weighted by atomic mass is 32.1. The van der Waals surface area contributed by atoms with E-state index in [0.717, 1.165) is 36.9 Å². The van der Waals surface area contributed by atoms with Crippen LogP contribution in [-0.2, 0) is 10.2 Å². The molecule has 1 aromatic carbocycles. The summed E-state index contributed by atoms with van der Waals surface area (Å²) in [6.45, 7) is 4.63. The van der Waals surface area contributed by atoms with Gasteiger partial charge >= 0.3 is 0 Å². The molecule has 166 valence electrons. The Hall–Kier alpha value is -2.38. The van der Waals surface area contributed by atoms with Crippen LogP contribution in [0.1, 0.15) is 45.1 Å². The molecule has 5 nitrogen and oxygen atoms in total. The van der Waals surface area contributed by atoms with Crippen molar-refractivity contribution in [2.75, 3.05) is 11.9 Å². The molecule has 1 aliphatic rings. The Morgan fingerprint density at radius 3 is 2.39 bits per heavy atom. The molecule has 1 fully saturated rings. The third kappa shape index (κ3) is 6.08. The van der Waals surface area contributed by atoms with Crippen LogP contribution in [0.2, 0.25) is 0 Å². The van der Waals surface area contributed by atoms with Crippen LogP contribution < -0.4 is 16.4 Å². The molecule has 1 heterocycles. The van der Waals surface area contributed by atoms with Crippen molar-refractivity contribution >= 4 is 28.8 Å². The molecule has 1 aliphatic carbocycles. The van der Waals surface area contributed by atoms with Crippen LogP contribution in [0.3, 0.4) is 0 Å². The number of carbonyl (C=O) groups excluding carboxylic acids is 1. The van der Waals surface area contributed by atoms with Crippen LogP contribution in [0.4, 0.5) is 10.1 Å². The van der Waals surface area contributed by atoms with Crippen molar-refractivity contribution in [3.8, 4) is 0 Å². The SMILES string of the molecule is CC(C)(C(=S)NCC(N)C1CCC(C(=O)Nc2ccncc2)CC1)c1ccc(F)cc1. The third-order valence-corrected chi connectivity index (χ3v) is 6.98. The molecule has 1 amide bonds. The lowest BCUT2D eigenvalue weighted by Crippen LogP contribution is -2.47. The topological polar surface area (TPSA) is 80.0 Å². The van der Waals surface area contributed by atoms with Crippen LogP contribution in [0, 0.1) is 17.7 Å². The Bertz CT molecular complexity index is 880. The lowest BCUT2D eigenvalue weighted by Gasteiger charge is -2.33. The summed E-state index contributed by atoms with van der Waals surface area (Å²) in [6.07, 6.45) is 6.85. The minimum absolute atomic E-state index is 0.0167. The minimum atomic E-state index is -0.411. The van der Waals surface area contributed by atoms with Crippen molar-refractivity contribution in [1.82, 2.24) is 10.3 Å². The minimum Gasteiger partial charge on any atom is -0.377 e. The highest BCUT2D eigenvalue weighted by Gasteiger charge is 2.31. The molecule has 0 aliphatic heterocycles. The number of nitrogens with zero attached hydrogens (tertiary/aromatic N) is 1. The quantitative estimate of drug-likeness (QED) is 0.561. The van der Waals surface area contributed by atoms with Gasteiger partial charge in [-0.1, -0.05) is 24.4 Å². The Morgan fingerprint density at radius 1 is 1.16 bits per heavy atom. The number of nitrogens with two attached hydrogens (primary N) is 1. The molecule has 31 heavy (non-hydrogen) atoms. The van der Waals surface area contributed by atoms with Crippen molar-refractivity contribution in [3.63, 3.8) is 0 Å². The maximum absolute atomic E-state index is 13.2. The second-order valence-corrected chi connectivity index (χ2v) is 9.25. The number of thiocarbonyl (C=S) groups is 1. The molecule has 3 rings (SSSR count). The lowest BCUT2D eigenvalue weighted by molar-refractivity contribution is -0.121. The van der Waals surface area contributed by atoms with Gasteiger partial charge in [-0.05, 0) is 75.3 Å². The number of hydrogen-bond donors (Lipinski definition) is 3. The smallest absolute Gasteiger partial charge is 0.227 e. The van der Waals surface area contributed by atoms with E-state index >= 15 is 0 Å². The number of carbonyl (C=O) groups is 1. The number of pyridine rings is 1. The van der Waals surface area contributed by atoms with Gasteiger partial charge in [0.2, 0.25) is 5.91 Å². The number of anilines is 1. The van der Waals surface area contributed by atoms with E-state index in [4.69, 9.17) is 18.0 Å². The normalized spacial score (nSPS) is 20.0. The molecule has 2 aromatic rings. The Labute approximate surface area is 189 Å². The van der Waals surface area contributed by atoms with Gasteiger partial charge in [0.25, 0.3) is 0 Å². The number of aromatic nitrogens is 1. The van der Waals surface area contributed by atoms with Crippen molar-refractivity contribution in [2.45, 2.75) is 51.0 Å². The van der Waals surface area contributed by atoms with Crippen LogP contribution in [0.15, 0.2) is 48.8 Å². The predicted octanol–water partition coefficient (Wildman–Crippen LogP) is 4.19. The zero-order valence-corrected chi connectivity index (χ0v) is 18.9. The predicted molar refractivity (Wildman–Crippen MR) is 126 cm³/mol. The van der Waals surface area contributed by atoms with Gasteiger partial charge in [-0.15, -0.1) is 0 Å². The fourth-order valence-electron chi connectivity index (χ4n) is 4.08. The first-order chi connectivity index (χ1) is 14.8. The first-order valence-electron chi connectivity index (χ1n) is 10.8. The average molecular weight is 443 g/mol. The van der Waals surface area contributed by atoms with E-state index in [2.05, 4.69) is 15.6 Å². The van der Waals surface area contributed by atoms with Gasteiger partial charge in [0.1, 0.15) is 5.82 Å². The van der Waals surface area contributed by atoms with Gasteiger partial charge in [-0.3, -0.25) is 9.78 Å². The van der Waals surface area contributed by atoms with Gasteiger partial charge in [-0.2, -0.15) is 0 Å². The van der Waals surface area contributed by atoms with Gasteiger partial charge in [0, 0.05) is 42.0 Å². The first kappa shape index (κ1) is 23.3. The number of hydrogen-bond acceptors (Lipinski definition) is 4. The van der Waals surface area contributed by atoms with E-state index < -0.39 is 5.41 Å². The average Bonchev–Trinajstić information content (AvgIpc) is 2.78. The maximum Gasteiger partial charge on any atom is 0.227 e. The number of nitrogens with one attached hydrogen (secondary N) is 2. The largest absolute Gasteiger partial charge is 0.377 e. The van der Waals surface area contributed by atoms with E-state index in [1.54, 1.807) is 36.7 Å². The van der Waals surface area contributed by atoms with Gasteiger partial charge in [0.05, 0.1) is 4.99 Å². The van der Waals surface area contributed by atoms with Crippen molar-refractivity contribution in [3.05, 3.63) is 60.2 Å². The van der Waals surface area contributed by atoms with Gasteiger partial charge < -0.3 is 16.4 Å². The summed E-state index contributed by atoms with van der Waals surface area (Å²) in [5.74, 6) is 0.182. The molecule has 4 N–H and O–H groups in total.